The van der Waals surface area contributed by atoms with Gasteiger partial charge in [-0.1, -0.05) is 0 Å². The van der Waals surface area contributed by atoms with Crippen molar-refractivity contribution in [3.63, 3.8) is 0 Å². The highest BCUT2D eigenvalue weighted by atomic mass is 16.5. The van der Waals surface area contributed by atoms with Crippen molar-refractivity contribution in [2.24, 2.45) is 0 Å². The molecule has 14 heavy (non-hydrogen) atoms. The van der Waals surface area contributed by atoms with Gasteiger partial charge in [0.05, 0.1) is 13.2 Å². The molecule has 0 rings (SSSR count). The molecule has 6 nitrogen and oxygen atoms in total. The second-order valence-corrected chi connectivity index (χ2v) is 2.62. The van der Waals surface area contributed by atoms with Crippen LogP contribution >= 0.6 is 0 Å². The monoisotopic (exact) mass is 203 g/mol. The van der Waals surface area contributed by atoms with E-state index in [4.69, 9.17) is 9.84 Å². The maximum Gasteiger partial charge on any atom is 0.328 e. The van der Waals surface area contributed by atoms with Crippen LogP contribution in [0.2, 0.25) is 0 Å². The number of hydrogen-bond donors (Lipinski definition) is 2. The average molecular weight is 203 g/mol. The van der Waals surface area contributed by atoms with Crippen molar-refractivity contribution in [2.75, 3.05) is 13.2 Å². The average Bonchev–Trinajstić information content (AvgIpc) is 2.09. The third-order valence-electron chi connectivity index (χ3n) is 1.34. The van der Waals surface area contributed by atoms with Crippen molar-refractivity contribution in [1.29, 1.82) is 0 Å². The predicted molar refractivity (Wildman–Crippen MR) is 46.7 cm³/mol. The highest BCUT2D eigenvalue weighted by Crippen LogP contribution is 1.88. The number of rotatable bonds is 7. The second kappa shape index (κ2) is 7.02. The summed E-state index contributed by atoms with van der Waals surface area (Å²) in [5.41, 5.74) is 0. The summed E-state index contributed by atoms with van der Waals surface area (Å²) in [6, 6.07) is -1.06. The number of carboxylic acids is 1. The Morgan fingerprint density at radius 2 is 2.21 bits per heavy atom. The molecule has 0 radical (unpaired) electrons. The van der Waals surface area contributed by atoms with E-state index in [1.807, 2.05) is 0 Å². The van der Waals surface area contributed by atoms with Crippen molar-refractivity contribution in [3.8, 4) is 0 Å². The number of carboxylic acid groups (broad SMARTS) is 1. The number of amides is 1. The Morgan fingerprint density at radius 3 is 2.64 bits per heavy atom. The number of ether oxygens (including phenoxy) is 1. The van der Waals surface area contributed by atoms with Gasteiger partial charge in [0.2, 0.25) is 5.91 Å². The minimum atomic E-state index is -1.16. The van der Waals surface area contributed by atoms with E-state index >= 15 is 0 Å². The zero-order valence-corrected chi connectivity index (χ0v) is 7.86. The number of aliphatic carboxylic acids is 1. The molecule has 1 atom stereocenters. The standard InChI is InChI=1S/C8H13NO5/c1-6(11)9-7(8(12)13)5-14-4-2-3-10/h3,7H,2,4-5H2,1H3,(H,9,11)(H,12,13)/t7-/m1/s1. The van der Waals surface area contributed by atoms with Crippen molar-refractivity contribution >= 4 is 18.2 Å². The van der Waals surface area contributed by atoms with Gasteiger partial charge in [0.25, 0.3) is 0 Å². The molecule has 0 spiro atoms. The lowest BCUT2D eigenvalue weighted by atomic mass is 10.3. The van der Waals surface area contributed by atoms with E-state index in [2.05, 4.69) is 5.32 Å². The summed E-state index contributed by atoms with van der Waals surface area (Å²) < 4.78 is 4.87. The lowest BCUT2D eigenvalue weighted by molar-refractivity contribution is -0.143. The van der Waals surface area contributed by atoms with Crippen LogP contribution in [0.4, 0.5) is 0 Å². The minimum Gasteiger partial charge on any atom is -0.480 e. The first kappa shape index (κ1) is 12.6. The van der Waals surface area contributed by atoms with Gasteiger partial charge in [-0.3, -0.25) is 4.79 Å². The largest absolute Gasteiger partial charge is 0.480 e. The molecule has 80 valence electrons. The third kappa shape index (κ3) is 6.13. The Kier molecular flexibility index (Phi) is 6.30. The van der Waals surface area contributed by atoms with Gasteiger partial charge in [-0.25, -0.2) is 4.79 Å². The molecule has 0 fully saturated rings. The number of carbonyl (C=O) groups is 3. The summed E-state index contributed by atoms with van der Waals surface area (Å²) in [5.74, 6) is -1.59. The van der Waals surface area contributed by atoms with Gasteiger partial charge in [-0.2, -0.15) is 0 Å². The van der Waals surface area contributed by atoms with Gasteiger partial charge in [-0.15, -0.1) is 0 Å². The molecule has 6 heteroatoms. The Bertz CT molecular complexity index is 216. The van der Waals surface area contributed by atoms with Crippen LogP contribution in [0.5, 0.6) is 0 Å². The van der Waals surface area contributed by atoms with E-state index in [-0.39, 0.29) is 19.6 Å². The first-order valence-electron chi connectivity index (χ1n) is 4.09. The molecule has 0 saturated carbocycles. The normalized spacial score (nSPS) is 11.8. The number of carbonyl (C=O) groups excluding carboxylic acids is 2. The highest BCUT2D eigenvalue weighted by molar-refractivity contribution is 5.82. The molecule has 0 saturated heterocycles. The second-order valence-electron chi connectivity index (χ2n) is 2.62. The van der Waals surface area contributed by atoms with Crippen LogP contribution < -0.4 is 5.32 Å². The van der Waals surface area contributed by atoms with Gasteiger partial charge in [-0.05, 0) is 0 Å². The van der Waals surface area contributed by atoms with Crippen molar-refractivity contribution < 1.29 is 24.2 Å². The summed E-state index contributed by atoms with van der Waals surface area (Å²) in [6.45, 7) is 1.25. The smallest absolute Gasteiger partial charge is 0.328 e. The molecule has 1 amide bonds. The summed E-state index contributed by atoms with van der Waals surface area (Å²) in [5, 5.41) is 10.8. The zero-order valence-electron chi connectivity index (χ0n) is 7.86. The predicted octanol–water partition coefficient (Wildman–Crippen LogP) is -0.819. The third-order valence-corrected chi connectivity index (χ3v) is 1.34. The Hall–Kier alpha value is -1.43. The summed E-state index contributed by atoms with van der Waals surface area (Å²) in [7, 11) is 0. The van der Waals surface area contributed by atoms with Gasteiger partial charge in [0.1, 0.15) is 6.29 Å². The molecule has 0 aromatic carbocycles. The minimum absolute atomic E-state index is 0.136. The maximum atomic E-state index is 10.6. The molecule has 0 heterocycles. The fraction of sp³-hybridized carbons (Fsp3) is 0.625. The van der Waals surface area contributed by atoms with Gasteiger partial charge < -0.3 is 20.0 Å². The summed E-state index contributed by atoms with van der Waals surface area (Å²) in [6.07, 6.45) is 0.889. The van der Waals surface area contributed by atoms with E-state index in [9.17, 15) is 14.4 Å². The summed E-state index contributed by atoms with van der Waals surface area (Å²) in [4.78, 5) is 31.0. The Labute approximate surface area is 81.2 Å². The number of hydrogen-bond acceptors (Lipinski definition) is 4. The van der Waals surface area contributed by atoms with Crippen LogP contribution in [-0.4, -0.2) is 42.5 Å². The zero-order chi connectivity index (χ0) is 11.0. The van der Waals surface area contributed by atoms with E-state index in [1.165, 1.54) is 6.92 Å². The van der Waals surface area contributed by atoms with Crippen LogP contribution in [0, 0.1) is 0 Å². The quantitative estimate of drug-likeness (QED) is 0.416. The van der Waals surface area contributed by atoms with Crippen LogP contribution in [0.15, 0.2) is 0 Å². The number of nitrogens with one attached hydrogen (secondary N) is 1. The fourth-order valence-electron chi connectivity index (χ4n) is 0.753. The molecule has 2 N–H and O–H groups in total. The lowest BCUT2D eigenvalue weighted by Crippen LogP contribution is -2.43. The van der Waals surface area contributed by atoms with Crippen LogP contribution in [0.1, 0.15) is 13.3 Å². The molecule has 0 aliphatic carbocycles. The molecule has 0 aromatic heterocycles. The summed E-state index contributed by atoms with van der Waals surface area (Å²) >= 11 is 0. The van der Waals surface area contributed by atoms with Gasteiger partial charge in [0, 0.05) is 13.3 Å². The molecule has 0 unspecified atom stereocenters. The first-order chi connectivity index (χ1) is 6.57. The molecular weight excluding hydrogens is 190 g/mol. The Balaban J connectivity index is 3.79. The molecule has 0 bridgehead atoms. The SMILES string of the molecule is CC(=O)N[C@H](COCCC=O)C(=O)O. The first-order valence-corrected chi connectivity index (χ1v) is 4.09. The maximum absolute atomic E-state index is 10.6. The van der Waals surface area contributed by atoms with E-state index < -0.39 is 17.9 Å². The highest BCUT2D eigenvalue weighted by Gasteiger charge is 2.17. The van der Waals surface area contributed by atoms with Crippen LogP contribution in [-0.2, 0) is 19.1 Å². The van der Waals surface area contributed by atoms with Crippen molar-refractivity contribution in [2.45, 2.75) is 19.4 Å². The molecule has 0 aromatic rings. The van der Waals surface area contributed by atoms with Crippen LogP contribution in [0.25, 0.3) is 0 Å². The van der Waals surface area contributed by atoms with Gasteiger partial charge in [0.15, 0.2) is 6.04 Å². The van der Waals surface area contributed by atoms with Gasteiger partial charge >= 0.3 is 5.97 Å². The number of aldehydes is 1. The lowest BCUT2D eigenvalue weighted by Gasteiger charge is -2.12. The van der Waals surface area contributed by atoms with Crippen LogP contribution in [0.3, 0.4) is 0 Å². The molecular formula is C8H13NO5. The van der Waals surface area contributed by atoms with Crippen molar-refractivity contribution in [1.82, 2.24) is 5.32 Å². The van der Waals surface area contributed by atoms with E-state index in [0.29, 0.717) is 6.29 Å². The molecule has 0 aliphatic heterocycles. The Morgan fingerprint density at radius 1 is 1.57 bits per heavy atom. The topological polar surface area (TPSA) is 92.7 Å². The fourth-order valence-corrected chi connectivity index (χ4v) is 0.753. The van der Waals surface area contributed by atoms with E-state index in [1.54, 1.807) is 0 Å². The van der Waals surface area contributed by atoms with E-state index in [0.717, 1.165) is 0 Å². The van der Waals surface area contributed by atoms with Crippen molar-refractivity contribution in [3.05, 3.63) is 0 Å². The molecule has 0 aliphatic rings.